The van der Waals surface area contributed by atoms with Crippen LogP contribution in [0.25, 0.3) is 10.9 Å². The largest absolute Gasteiger partial charge is 0.454 e. The number of fused-ring (bicyclic) bond motifs is 2. The number of hydrogen-bond donors (Lipinski definition) is 1. The van der Waals surface area contributed by atoms with Crippen LogP contribution in [0, 0.1) is 19.8 Å². The van der Waals surface area contributed by atoms with Gasteiger partial charge in [-0.25, -0.2) is 0 Å². The molecule has 0 bridgehead atoms. The molecule has 2 aromatic carbocycles. The third-order valence-electron chi connectivity index (χ3n) is 5.35. The van der Waals surface area contributed by atoms with E-state index in [-0.39, 0.29) is 30.7 Å². The van der Waals surface area contributed by atoms with Crippen molar-refractivity contribution in [2.45, 2.75) is 40.8 Å². The van der Waals surface area contributed by atoms with Gasteiger partial charge in [0, 0.05) is 18.0 Å². The van der Waals surface area contributed by atoms with Crippen molar-refractivity contribution in [1.82, 2.24) is 9.88 Å². The second-order valence-corrected chi connectivity index (χ2v) is 8.21. The number of H-pyrrole nitrogens is 1. The molecule has 2 heterocycles. The molecule has 1 amide bonds. The van der Waals surface area contributed by atoms with Crippen LogP contribution in [0.4, 0.5) is 0 Å². The number of carbonyl (C=O) groups excluding carboxylic acids is 1. The van der Waals surface area contributed by atoms with Crippen LogP contribution in [0.2, 0.25) is 0 Å². The molecule has 6 nitrogen and oxygen atoms in total. The first-order valence-electron chi connectivity index (χ1n) is 10.1. The van der Waals surface area contributed by atoms with Crippen LogP contribution in [-0.2, 0) is 17.9 Å². The van der Waals surface area contributed by atoms with Crippen LogP contribution >= 0.6 is 0 Å². The SMILES string of the molecule is Cc1cc(C)c2[nH]c(=O)c(CN(Cc3ccc4c(c3)OCO4)C(=O)C(C)C)cc2c1. The minimum atomic E-state index is -0.178. The Morgan fingerprint density at radius 3 is 2.60 bits per heavy atom. The van der Waals surface area contributed by atoms with Gasteiger partial charge in [-0.1, -0.05) is 31.5 Å². The smallest absolute Gasteiger partial charge is 0.253 e. The molecule has 30 heavy (non-hydrogen) atoms. The maximum Gasteiger partial charge on any atom is 0.253 e. The van der Waals surface area contributed by atoms with E-state index in [1.807, 2.05) is 64.1 Å². The lowest BCUT2D eigenvalue weighted by Crippen LogP contribution is -2.35. The van der Waals surface area contributed by atoms with Crippen molar-refractivity contribution in [3.05, 3.63) is 69.0 Å². The molecular weight excluding hydrogens is 380 g/mol. The van der Waals surface area contributed by atoms with Crippen LogP contribution in [0.5, 0.6) is 11.5 Å². The predicted octanol–water partition coefficient (Wildman–Crippen LogP) is 4.06. The molecule has 1 aromatic heterocycles. The highest BCUT2D eigenvalue weighted by Crippen LogP contribution is 2.33. The molecule has 0 saturated carbocycles. The van der Waals surface area contributed by atoms with Gasteiger partial charge in [-0.3, -0.25) is 9.59 Å². The first-order chi connectivity index (χ1) is 14.3. The average Bonchev–Trinajstić information content (AvgIpc) is 3.16. The number of ether oxygens (including phenoxy) is 2. The van der Waals surface area contributed by atoms with Gasteiger partial charge in [-0.15, -0.1) is 0 Å². The highest BCUT2D eigenvalue weighted by molar-refractivity contribution is 5.83. The van der Waals surface area contributed by atoms with Crippen molar-refractivity contribution in [2.24, 2.45) is 5.92 Å². The number of hydrogen-bond acceptors (Lipinski definition) is 4. The summed E-state index contributed by atoms with van der Waals surface area (Å²) in [6.07, 6.45) is 0. The van der Waals surface area contributed by atoms with Crippen molar-refractivity contribution >= 4 is 16.8 Å². The fourth-order valence-electron chi connectivity index (χ4n) is 3.89. The predicted molar refractivity (Wildman–Crippen MR) is 116 cm³/mol. The third kappa shape index (κ3) is 3.90. The molecule has 0 radical (unpaired) electrons. The van der Waals surface area contributed by atoms with Crippen LogP contribution in [0.15, 0.2) is 41.2 Å². The minimum Gasteiger partial charge on any atom is -0.454 e. The van der Waals surface area contributed by atoms with E-state index < -0.39 is 0 Å². The van der Waals surface area contributed by atoms with Crippen molar-refractivity contribution in [1.29, 1.82) is 0 Å². The first-order valence-corrected chi connectivity index (χ1v) is 10.1. The van der Waals surface area contributed by atoms with Crippen molar-refractivity contribution < 1.29 is 14.3 Å². The van der Waals surface area contributed by atoms with Crippen LogP contribution < -0.4 is 15.0 Å². The van der Waals surface area contributed by atoms with Crippen molar-refractivity contribution in [3.63, 3.8) is 0 Å². The molecule has 0 atom stereocenters. The van der Waals surface area contributed by atoms with Gasteiger partial charge in [0.15, 0.2) is 11.5 Å². The molecule has 6 heteroatoms. The fraction of sp³-hybridized carbons (Fsp3) is 0.333. The number of carbonyl (C=O) groups is 1. The highest BCUT2D eigenvalue weighted by Gasteiger charge is 2.21. The lowest BCUT2D eigenvalue weighted by atomic mass is 10.0. The summed E-state index contributed by atoms with van der Waals surface area (Å²) >= 11 is 0. The lowest BCUT2D eigenvalue weighted by Gasteiger charge is -2.25. The van der Waals surface area contributed by atoms with Gasteiger partial charge in [0.25, 0.3) is 5.56 Å². The number of aromatic nitrogens is 1. The Bertz CT molecular complexity index is 1180. The van der Waals surface area contributed by atoms with E-state index >= 15 is 0 Å². The monoisotopic (exact) mass is 406 g/mol. The zero-order chi connectivity index (χ0) is 21.4. The van der Waals surface area contributed by atoms with E-state index in [0.29, 0.717) is 23.6 Å². The van der Waals surface area contributed by atoms with Crippen molar-refractivity contribution in [2.75, 3.05) is 6.79 Å². The Balaban J connectivity index is 1.67. The van der Waals surface area contributed by atoms with E-state index in [1.165, 1.54) is 0 Å². The average molecular weight is 406 g/mol. The lowest BCUT2D eigenvalue weighted by molar-refractivity contribution is -0.135. The summed E-state index contributed by atoms with van der Waals surface area (Å²) in [7, 11) is 0. The molecule has 1 aliphatic rings. The van der Waals surface area contributed by atoms with Gasteiger partial charge < -0.3 is 19.4 Å². The summed E-state index contributed by atoms with van der Waals surface area (Å²) < 4.78 is 10.8. The van der Waals surface area contributed by atoms with E-state index in [1.54, 1.807) is 4.90 Å². The van der Waals surface area contributed by atoms with Gasteiger partial charge in [0.2, 0.25) is 12.7 Å². The van der Waals surface area contributed by atoms with Gasteiger partial charge in [0.05, 0.1) is 12.1 Å². The standard InChI is InChI=1S/C24H26N2O4/c1-14(2)24(28)26(11-17-5-6-20-21(9-17)30-13-29-20)12-19-10-18-8-15(3)7-16(4)22(18)25-23(19)27/h5-10,14H,11-13H2,1-4H3,(H,25,27). The zero-order valence-corrected chi connectivity index (χ0v) is 17.7. The molecule has 1 N–H and O–H groups in total. The van der Waals surface area contributed by atoms with Crippen LogP contribution in [0.3, 0.4) is 0 Å². The molecule has 156 valence electrons. The summed E-state index contributed by atoms with van der Waals surface area (Å²) in [5, 5.41) is 0.974. The van der Waals surface area contributed by atoms with Gasteiger partial charge in [-0.2, -0.15) is 0 Å². The van der Waals surface area contributed by atoms with Crippen LogP contribution in [-0.4, -0.2) is 22.6 Å². The number of aromatic amines is 1. The molecule has 0 saturated heterocycles. The Kier molecular flexibility index (Phi) is 5.24. The second kappa shape index (κ2) is 7.86. The van der Waals surface area contributed by atoms with E-state index in [0.717, 1.165) is 27.6 Å². The maximum absolute atomic E-state index is 12.9. The number of pyridine rings is 1. The molecule has 0 fully saturated rings. The van der Waals surface area contributed by atoms with Crippen LogP contribution in [0.1, 0.15) is 36.1 Å². The Labute approximate surface area is 175 Å². The second-order valence-electron chi connectivity index (χ2n) is 8.21. The quantitative estimate of drug-likeness (QED) is 0.694. The normalized spacial score (nSPS) is 12.6. The highest BCUT2D eigenvalue weighted by atomic mass is 16.7. The van der Waals surface area contributed by atoms with E-state index in [9.17, 15) is 9.59 Å². The Morgan fingerprint density at radius 1 is 1.07 bits per heavy atom. The van der Waals surface area contributed by atoms with Gasteiger partial charge in [0.1, 0.15) is 0 Å². The summed E-state index contributed by atoms with van der Waals surface area (Å²) in [4.78, 5) is 30.4. The van der Waals surface area contributed by atoms with Crippen molar-refractivity contribution in [3.8, 4) is 11.5 Å². The number of rotatable bonds is 5. The number of nitrogens with zero attached hydrogens (tertiary/aromatic N) is 1. The third-order valence-corrected chi connectivity index (χ3v) is 5.35. The molecular formula is C24H26N2O4. The summed E-state index contributed by atoms with van der Waals surface area (Å²) in [6.45, 7) is 8.59. The summed E-state index contributed by atoms with van der Waals surface area (Å²) in [5.41, 5.74) is 4.34. The number of nitrogens with one attached hydrogen (secondary N) is 1. The van der Waals surface area contributed by atoms with E-state index in [2.05, 4.69) is 4.98 Å². The minimum absolute atomic E-state index is 0.00686. The van der Waals surface area contributed by atoms with Gasteiger partial charge in [-0.05, 0) is 54.6 Å². The fourth-order valence-corrected chi connectivity index (χ4v) is 3.89. The Hall–Kier alpha value is -3.28. The first kappa shape index (κ1) is 20.0. The number of aryl methyl sites for hydroxylation is 2. The maximum atomic E-state index is 12.9. The molecule has 4 rings (SSSR count). The topological polar surface area (TPSA) is 71.6 Å². The summed E-state index contributed by atoms with van der Waals surface area (Å²) in [6, 6.07) is 11.7. The Morgan fingerprint density at radius 2 is 1.83 bits per heavy atom. The number of amides is 1. The molecule has 0 aliphatic carbocycles. The summed E-state index contributed by atoms with van der Waals surface area (Å²) in [5.74, 6) is 1.20. The molecule has 3 aromatic rings. The zero-order valence-electron chi connectivity index (χ0n) is 17.7. The molecule has 1 aliphatic heterocycles. The van der Waals surface area contributed by atoms with Gasteiger partial charge >= 0.3 is 0 Å². The van der Waals surface area contributed by atoms with E-state index in [4.69, 9.17) is 9.47 Å². The molecule has 0 spiro atoms. The molecule has 0 unspecified atom stereocenters. The number of benzene rings is 2.